The van der Waals surface area contributed by atoms with Gasteiger partial charge in [0.2, 0.25) is 5.91 Å². The number of aromatic hydroxyl groups is 1. The first-order valence-corrected chi connectivity index (χ1v) is 12.3. The number of nitrogens with zero attached hydrogens (tertiary/aromatic N) is 1. The van der Waals surface area contributed by atoms with Gasteiger partial charge >= 0.3 is 0 Å². The summed E-state index contributed by atoms with van der Waals surface area (Å²) in [6, 6.07) is 30.5. The monoisotopic (exact) mass is 507 g/mol. The molecule has 4 aromatic carbocycles. The number of amides is 1. The molecule has 0 aliphatic heterocycles. The summed E-state index contributed by atoms with van der Waals surface area (Å²) in [4.78, 5) is 13.4. The Morgan fingerprint density at radius 3 is 2.26 bits per heavy atom. The molecule has 0 fully saturated rings. The van der Waals surface area contributed by atoms with Gasteiger partial charge in [0, 0.05) is 18.3 Å². The number of nitriles is 1. The van der Waals surface area contributed by atoms with Crippen molar-refractivity contribution in [1.82, 2.24) is 5.32 Å². The average Bonchev–Trinajstić information content (AvgIpc) is 2.95. The van der Waals surface area contributed by atoms with E-state index in [1.807, 2.05) is 79.7 Å². The van der Waals surface area contributed by atoms with Crippen molar-refractivity contribution in [2.45, 2.75) is 26.1 Å². The molecule has 0 saturated carbocycles. The van der Waals surface area contributed by atoms with Crippen LogP contribution in [0.25, 0.3) is 0 Å². The number of carbonyl (C=O) groups is 1. The maximum atomic E-state index is 13.4. The summed E-state index contributed by atoms with van der Waals surface area (Å²) in [5.41, 5.74) is 3.28. The van der Waals surface area contributed by atoms with Crippen LogP contribution < -0.4 is 20.1 Å². The highest BCUT2D eigenvalue weighted by Crippen LogP contribution is 2.33. The molecule has 192 valence electrons. The van der Waals surface area contributed by atoms with E-state index in [0.717, 1.165) is 11.1 Å². The molecule has 0 aliphatic rings. The average molecular weight is 508 g/mol. The number of ether oxygens (including phenoxy) is 2. The highest BCUT2D eigenvalue weighted by atomic mass is 16.5. The third-order valence-electron chi connectivity index (χ3n) is 5.84. The van der Waals surface area contributed by atoms with Crippen LogP contribution in [-0.4, -0.2) is 17.6 Å². The summed E-state index contributed by atoms with van der Waals surface area (Å²) in [5, 5.41) is 25.5. The van der Waals surface area contributed by atoms with Gasteiger partial charge in [0.25, 0.3) is 0 Å². The SMILES string of the molecule is CCOc1cc([C@H](Nc2ccc(C#N)c(O)c2)C(=O)NCc2ccccc2)ccc1OCc1ccccc1. The summed E-state index contributed by atoms with van der Waals surface area (Å²) < 4.78 is 11.9. The normalized spacial score (nSPS) is 11.2. The van der Waals surface area contributed by atoms with Gasteiger partial charge in [-0.05, 0) is 47.9 Å². The van der Waals surface area contributed by atoms with Crippen LogP contribution in [0.1, 0.15) is 35.2 Å². The van der Waals surface area contributed by atoms with Crippen molar-refractivity contribution in [3.8, 4) is 23.3 Å². The van der Waals surface area contributed by atoms with E-state index in [9.17, 15) is 9.90 Å². The molecular weight excluding hydrogens is 478 g/mol. The van der Waals surface area contributed by atoms with Gasteiger partial charge in [-0.2, -0.15) is 5.26 Å². The Labute approximate surface area is 222 Å². The van der Waals surface area contributed by atoms with Crippen molar-refractivity contribution in [2.24, 2.45) is 0 Å². The molecule has 0 bridgehead atoms. The van der Waals surface area contributed by atoms with Crippen molar-refractivity contribution in [3.05, 3.63) is 119 Å². The molecule has 0 heterocycles. The fraction of sp³-hybridized carbons (Fsp3) is 0.161. The number of carbonyl (C=O) groups excluding carboxylic acids is 1. The van der Waals surface area contributed by atoms with Gasteiger partial charge in [0.15, 0.2) is 11.5 Å². The van der Waals surface area contributed by atoms with Crippen LogP contribution in [0.4, 0.5) is 5.69 Å². The van der Waals surface area contributed by atoms with Crippen LogP contribution in [0.5, 0.6) is 17.2 Å². The van der Waals surface area contributed by atoms with E-state index in [-0.39, 0.29) is 17.2 Å². The first-order valence-electron chi connectivity index (χ1n) is 12.3. The third-order valence-corrected chi connectivity index (χ3v) is 5.84. The second kappa shape index (κ2) is 12.8. The lowest BCUT2D eigenvalue weighted by atomic mass is 10.0. The van der Waals surface area contributed by atoms with Gasteiger partial charge in [-0.3, -0.25) is 4.79 Å². The van der Waals surface area contributed by atoms with Crippen molar-refractivity contribution in [3.63, 3.8) is 0 Å². The number of benzene rings is 4. The Morgan fingerprint density at radius 1 is 0.895 bits per heavy atom. The number of phenolic OH excluding ortho intramolecular Hbond substituents is 1. The standard InChI is InChI=1S/C31H29N3O4/c1-2-37-29-17-24(14-16-28(29)38-21-23-11-7-4-8-12-23)30(31(36)33-20-22-9-5-3-6-10-22)34-26-15-13-25(19-32)27(35)18-26/h3-18,30,34-35H,2,20-21H2,1H3,(H,33,36)/t30-/m0/s1. The molecule has 1 amide bonds. The molecule has 3 N–H and O–H groups in total. The fourth-order valence-electron chi connectivity index (χ4n) is 3.90. The lowest BCUT2D eigenvalue weighted by Crippen LogP contribution is -2.33. The van der Waals surface area contributed by atoms with Gasteiger partial charge in [-0.15, -0.1) is 0 Å². The summed E-state index contributed by atoms with van der Waals surface area (Å²) >= 11 is 0. The van der Waals surface area contributed by atoms with E-state index >= 15 is 0 Å². The highest BCUT2D eigenvalue weighted by molar-refractivity contribution is 5.86. The van der Waals surface area contributed by atoms with Crippen LogP contribution in [0.2, 0.25) is 0 Å². The summed E-state index contributed by atoms with van der Waals surface area (Å²) in [5.74, 6) is 0.656. The molecule has 0 radical (unpaired) electrons. The van der Waals surface area contributed by atoms with Gasteiger partial charge in [0.05, 0.1) is 12.2 Å². The molecule has 0 spiro atoms. The largest absolute Gasteiger partial charge is 0.506 e. The number of nitrogens with one attached hydrogen (secondary N) is 2. The molecule has 0 unspecified atom stereocenters. The van der Waals surface area contributed by atoms with E-state index in [4.69, 9.17) is 14.7 Å². The van der Waals surface area contributed by atoms with E-state index < -0.39 is 6.04 Å². The molecule has 38 heavy (non-hydrogen) atoms. The first-order chi connectivity index (χ1) is 18.6. The maximum absolute atomic E-state index is 13.4. The minimum Gasteiger partial charge on any atom is -0.506 e. The van der Waals surface area contributed by atoms with E-state index in [2.05, 4.69) is 10.6 Å². The van der Waals surface area contributed by atoms with Crippen LogP contribution in [-0.2, 0) is 17.9 Å². The molecule has 0 aromatic heterocycles. The lowest BCUT2D eigenvalue weighted by molar-refractivity contribution is -0.122. The molecule has 0 aliphatic carbocycles. The van der Waals surface area contributed by atoms with Crippen LogP contribution in [0, 0.1) is 11.3 Å². The summed E-state index contributed by atoms with van der Waals surface area (Å²) in [7, 11) is 0. The second-order valence-electron chi connectivity index (χ2n) is 8.54. The minimum atomic E-state index is -0.812. The van der Waals surface area contributed by atoms with Crippen molar-refractivity contribution in [1.29, 1.82) is 5.26 Å². The third kappa shape index (κ3) is 6.83. The van der Waals surface area contributed by atoms with Gasteiger partial charge < -0.3 is 25.2 Å². The van der Waals surface area contributed by atoms with Crippen molar-refractivity contribution >= 4 is 11.6 Å². The molecule has 0 saturated heterocycles. The number of phenols is 1. The number of hydrogen-bond donors (Lipinski definition) is 3. The quantitative estimate of drug-likeness (QED) is 0.240. The zero-order chi connectivity index (χ0) is 26.7. The molecule has 4 rings (SSSR count). The first kappa shape index (κ1) is 26.1. The Balaban J connectivity index is 1.61. The molecule has 7 nitrogen and oxygen atoms in total. The number of anilines is 1. The number of hydrogen-bond acceptors (Lipinski definition) is 6. The highest BCUT2D eigenvalue weighted by Gasteiger charge is 2.23. The Morgan fingerprint density at radius 2 is 1.61 bits per heavy atom. The van der Waals surface area contributed by atoms with Crippen molar-refractivity contribution in [2.75, 3.05) is 11.9 Å². The van der Waals surface area contributed by atoms with E-state index in [1.54, 1.807) is 18.2 Å². The predicted octanol–water partition coefficient (Wildman–Crippen LogP) is 5.71. The zero-order valence-electron chi connectivity index (χ0n) is 21.1. The van der Waals surface area contributed by atoms with E-state index in [1.165, 1.54) is 12.1 Å². The molecule has 1 atom stereocenters. The minimum absolute atomic E-state index is 0.152. The molecular formula is C31H29N3O4. The van der Waals surface area contributed by atoms with Crippen LogP contribution in [0.3, 0.4) is 0 Å². The lowest BCUT2D eigenvalue weighted by Gasteiger charge is -2.22. The fourth-order valence-corrected chi connectivity index (χ4v) is 3.90. The summed E-state index contributed by atoms with van der Waals surface area (Å²) in [6.45, 7) is 3.04. The van der Waals surface area contributed by atoms with Crippen molar-refractivity contribution < 1.29 is 19.4 Å². The Kier molecular flexibility index (Phi) is 8.82. The second-order valence-corrected chi connectivity index (χ2v) is 8.54. The van der Waals surface area contributed by atoms with Gasteiger partial charge in [-0.25, -0.2) is 0 Å². The smallest absolute Gasteiger partial charge is 0.247 e. The van der Waals surface area contributed by atoms with Gasteiger partial charge in [-0.1, -0.05) is 66.7 Å². The maximum Gasteiger partial charge on any atom is 0.247 e. The number of rotatable bonds is 11. The zero-order valence-corrected chi connectivity index (χ0v) is 21.1. The van der Waals surface area contributed by atoms with Gasteiger partial charge in [0.1, 0.15) is 24.5 Å². The Bertz CT molecular complexity index is 1400. The molecule has 7 heteroatoms. The van der Waals surface area contributed by atoms with Crippen LogP contribution in [0.15, 0.2) is 97.1 Å². The van der Waals surface area contributed by atoms with Crippen LogP contribution >= 0.6 is 0 Å². The topological polar surface area (TPSA) is 104 Å². The molecule has 4 aromatic rings. The van der Waals surface area contributed by atoms with E-state index in [0.29, 0.717) is 42.5 Å². The predicted molar refractivity (Wildman–Crippen MR) is 146 cm³/mol. The Hall–Kier alpha value is -4.96. The summed E-state index contributed by atoms with van der Waals surface area (Å²) in [6.07, 6.45) is 0.